The van der Waals surface area contributed by atoms with Crippen molar-refractivity contribution in [2.75, 3.05) is 0 Å². The van der Waals surface area contributed by atoms with Crippen LogP contribution in [0.2, 0.25) is 5.02 Å². The summed E-state index contributed by atoms with van der Waals surface area (Å²) in [5, 5.41) is 12.6. The molecule has 110 valence electrons. The molecular formula is C16H17ClN2O2. The molecule has 0 heterocycles. The Labute approximate surface area is 128 Å². The van der Waals surface area contributed by atoms with Crippen molar-refractivity contribution < 1.29 is 9.94 Å². The number of oxime groups is 1. The first-order chi connectivity index (χ1) is 10.0. The van der Waals surface area contributed by atoms with Gasteiger partial charge in [0.2, 0.25) is 0 Å². The van der Waals surface area contributed by atoms with Gasteiger partial charge < -0.3 is 15.7 Å². The average molecular weight is 305 g/mol. The Morgan fingerprint density at radius 3 is 2.48 bits per heavy atom. The van der Waals surface area contributed by atoms with Gasteiger partial charge >= 0.3 is 0 Å². The van der Waals surface area contributed by atoms with E-state index in [4.69, 9.17) is 27.3 Å². The topological polar surface area (TPSA) is 67.8 Å². The summed E-state index contributed by atoms with van der Waals surface area (Å²) < 4.78 is 5.79. The molecule has 4 nitrogen and oxygen atoms in total. The number of aryl methyl sites for hydroxylation is 2. The minimum absolute atomic E-state index is 0.0673. The van der Waals surface area contributed by atoms with Crippen LogP contribution in [0.1, 0.15) is 22.3 Å². The van der Waals surface area contributed by atoms with Gasteiger partial charge in [-0.05, 0) is 37.1 Å². The highest BCUT2D eigenvalue weighted by Gasteiger charge is 2.08. The van der Waals surface area contributed by atoms with Crippen LogP contribution in [0.25, 0.3) is 0 Å². The number of hydrogen-bond donors (Lipinski definition) is 2. The molecule has 0 saturated heterocycles. The monoisotopic (exact) mass is 304 g/mol. The van der Waals surface area contributed by atoms with Gasteiger partial charge in [0.05, 0.1) is 0 Å². The fourth-order valence-electron chi connectivity index (χ4n) is 2.10. The molecule has 0 aliphatic rings. The van der Waals surface area contributed by atoms with Crippen LogP contribution in [-0.2, 0) is 6.61 Å². The van der Waals surface area contributed by atoms with Crippen LogP contribution in [0.15, 0.2) is 41.6 Å². The maximum absolute atomic E-state index is 8.81. The number of halogens is 1. The van der Waals surface area contributed by atoms with Gasteiger partial charge in [-0.3, -0.25) is 0 Å². The third-order valence-corrected chi connectivity index (χ3v) is 3.80. The van der Waals surface area contributed by atoms with Crippen molar-refractivity contribution in [2.45, 2.75) is 20.5 Å². The zero-order valence-corrected chi connectivity index (χ0v) is 12.7. The van der Waals surface area contributed by atoms with Crippen molar-refractivity contribution in [1.29, 1.82) is 0 Å². The zero-order chi connectivity index (χ0) is 15.4. The Bertz CT molecular complexity index is 661. The molecule has 3 N–H and O–H groups in total. The minimum Gasteiger partial charge on any atom is -0.489 e. The van der Waals surface area contributed by atoms with Gasteiger partial charge in [0.15, 0.2) is 5.84 Å². The fraction of sp³-hybridized carbons (Fsp3) is 0.188. The second-order valence-corrected chi connectivity index (χ2v) is 5.18. The lowest BCUT2D eigenvalue weighted by molar-refractivity contribution is 0.304. The minimum atomic E-state index is 0.0673. The summed E-state index contributed by atoms with van der Waals surface area (Å²) in [5.41, 5.74) is 9.10. The van der Waals surface area contributed by atoms with E-state index in [-0.39, 0.29) is 5.84 Å². The molecule has 2 rings (SSSR count). The lowest BCUT2D eigenvalue weighted by Crippen LogP contribution is -2.16. The first-order valence-electron chi connectivity index (χ1n) is 6.48. The van der Waals surface area contributed by atoms with Crippen LogP contribution >= 0.6 is 11.6 Å². The summed E-state index contributed by atoms with van der Waals surface area (Å²) in [5.74, 6) is 0.807. The summed E-state index contributed by atoms with van der Waals surface area (Å²) in [4.78, 5) is 0. The molecule has 2 aromatic rings. The first kappa shape index (κ1) is 15.2. The number of hydrogen-bond acceptors (Lipinski definition) is 3. The summed E-state index contributed by atoms with van der Waals surface area (Å²) in [6.45, 7) is 4.20. The Balaban J connectivity index is 2.21. The van der Waals surface area contributed by atoms with Gasteiger partial charge in [-0.1, -0.05) is 41.0 Å². The normalized spacial score (nSPS) is 11.5. The van der Waals surface area contributed by atoms with E-state index in [1.54, 1.807) is 6.07 Å². The third kappa shape index (κ3) is 3.47. The van der Waals surface area contributed by atoms with Crippen LogP contribution in [0, 0.1) is 13.8 Å². The second-order valence-electron chi connectivity index (χ2n) is 4.80. The molecule has 0 fully saturated rings. The van der Waals surface area contributed by atoms with Gasteiger partial charge in [-0.2, -0.15) is 0 Å². The third-order valence-electron chi connectivity index (χ3n) is 3.21. The van der Waals surface area contributed by atoms with Crippen LogP contribution in [0.4, 0.5) is 0 Å². The summed E-state index contributed by atoms with van der Waals surface area (Å²) in [7, 11) is 0. The number of ether oxygens (including phenoxy) is 1. The maximum atomic E-state index is 8.81. The van der Waals surface area contributed by atoms with Crippen LogP contribution in [0.3, 0.4) is 0 Å². The summed E-state index contributed by atoms with van der Waals surface area (Å²) in [6.07, 6.45) is 0. The summed E-state index contributed by atoms with van der Waals surface area (Å²) in [6, 6.07) is 11.1. The molecule has 0 amide bonds. The quantitative estimate of drug-likeness (QED) is 0.392. The fourth-order valence-corrected chi connectivity index (χ4v) is 2.21. The predicted molar refractivity (Wildman–Crippen MR) is 84.2 cm³/mol. The molecule has 0 aliphatic heterocycles. The molecule has 0 radical (unpaired) electrons. The van der Waals surface area contributed by atoms with E-state index in [2.05, 4.69) is 5.16 Å². The molecule has 0 saturated carbocycles. The number of rotatable bonds is 4. The molecule has 0 atom stereocenters. The highest BCUT2D eigenvalue weighted by atomic mass is 35.5. The molecule has 0 aliphatic carbocycles. The van der Waals surface area contributed by atoms with Crippen molar-refractivity contribution in [3.8, 4) is 5.75 Å². The van der Waals surface area contributed by atoms with E-state index in [0.29, 0.717) is 12.2 Å². The maximum Gasteiger partial charge on any atom is 0.170 e. The van der Waals surface area contributed by atoms with Crippen LogP contribution in [0.5, 0.6) is 5.75 Å². The average Bonchev–Trinajstić information content (AvgIpc) is 2.50. The highest BCUT2D eigenvalue weighted by Crippen LogP contribution is 2.26. The molecule has 0 spiro atoms. The van der Waals surface area contributed by atoms with Gasteiger partial charge in [-0.15, -0.1) is 0 Å². The first-order valence-corrected chi connectivity index (χ1v) is 6.86. The molecular weight excluding hydrogens is 288 g/mol. The van der Waals surface area contributed by atoms with Gasteiger partial charge in [0.25, 0.3) is 0 Å². The van der Waals surface area contributed by atoms with E-state index >= 15 is 0 Å². The van der Waals surface area contributed by atoms with Gasteiger partial charge in [0, 0.05) is 16.1 Å². The Morgan fingerprint density at radius 1 is 1.24 bits per heavy atom. The molecule has 0 bridgehead atoms. The molecule has 2 aromatic carbocycles. The Kier molecular flexibility index (Phi) is 4.70. The van der Waals surface area contributed by atoms with E-state index in [9.17, 15) is 0 Å². The summed E-state index contributed by atoms with van der Waals surface area (Å²) >= 11 is 6.14. The molecule has 0 aromatic heterocycles. The Morgan fingerprint density at radius 2 is 1.86 bits per heavy atom. The number of nitrogens with zero attached hydrogens (tertiary/aromatic N) is 1. The standard InChI is InChI=1S/C16H17ClN2O2/c1-10-7-13(8-11(2)15(10)17)21-9-12-5-3-4-6-14(12)16(18)19-20/h3-8,20H,9H2,1-2H3,(H2,18,19). The van der Waals surface area contributed by atoms with Crippen molar-refractivity contribution in [3.63, 3.8) is 0 Å². The van der Waals surface area contributed by atoms with Crippen LogP contribution < -0.4 is 10.5 Å². The van der Waals surface area contributed by atoms with E-state index in [0.717, 1.165) is 27.5 Å². The second kappa shape index (κ2) is 6.50. The van der Waals surface area contributed by atoms with E-state index in [1.165, 1.54) is 0 Å². The highest BCUT2D eigenvalue weighted by molar-refractivity contribution is 6.32. The lowest BCUT2D eigenvalue weighted by atomic mass is 10.1. The zero-order valence-electron chi connectivity index (χ0n) is 11.9. The number of nitrogens with two attached hydrogens (primary N) is 1. The van der Waals surface area contributed by atoms with Gasteiger partial charge in [0.1, 0.15) is 12.4 Å². The van der Waals surface area contributed by atoms with Crippen molar-refractivity contribution in [1.82, 2.24) is 0 Å². The van der Waals surface area contributed by atoms with Crippen molar-refractivity contribution in [2.24, 2.45) is 10.9 Å². The smallest absolute Gasteiger partial charge is 0.170 e. The van der Waals surface area contributed by atoms with Crippen molar-refractivity contribution >= 4 is 17.4 Å². The van der Waals surface area contributed by atoms with E-state index < -0.39 is 0 Å². The molecule has 5 heteroatoms. The Hall–Kier alpha value is -2.20. The van der Waals surface area contributed by atoms with Crippen molar-refractivity contribution in [3.05, 3.63) is 63.7 Å². The van der Waals surface area contributed by atoms with E-state index in [1.807, 2.05) is 44.2 Å². The van der Waals surface area contributed by atoms with Gasteiger partial charge in [-0.25, -0.2) is 0 Å². The number of benzene rings is 2. The lowest BCUT2D eigenvalue weighted by Gasteiger charge is -2.12. The number of amidine groups is 1. The predicted octanol–water partition coefficient (Wildman–Crippen LogP) is 3.63. The molecule has 21 heavy (non-hydrogen) atoms. The molecule has 0 unspecified atom stereocenters. The largest absolute Gasteiger partial charge is 0.489 e. The van der Waals surface area contributed by atoms with Crippen LogP contribution in [-0.4, -0.2) is 11.0 Å². The SMILES string of the molecule is Cc1cc(OCc2ccccc2/C(N)=N/O)cc(C)c1Cl.